The van der Waals surface area contributed by atoms with Crippen molar-refractivity contribution in [3.8, 4) is 11.1 Å². The third-order valence-corrected chi connectivity index (χ3v) is 9.56. The van der Waals surface area contributed by atoms with Gasteiger partial charge in [-0.25, -0.2) is 13.2 Å². The van der Waals surface area contributed by atoms with Gasteiger partial charge in [0.25, 0.3) is 0 Å². The summed E-state index contributed by atoms with van der Waals surface area (Å²) in [5, 5.41) is -0.0567. The van der Waals surface area contributed by atoms with Crippen molar-refractivity contribution in [1.29, 1.82) is 0 Å². The number of unbranched alkanes of at least 4 members (excludes halogenated alkanes) is 4. The molecule has 0 atom stereocenters. The molecule has 0 spiro atoms. The Bertz CT molecular complexity index is 964. The van der Waals surface area contributed by atoms with Crippen LogP contribution in [-0.4, -0.2) is 0 Å². The second-order valence-corrected chi connectivity index (χ2v) is 12.3. The molecule has 0 amide bonds. The summed E-state index contributed by atoms with van der Waals surface area (Å²) < 4.78 is 43.7. The number of rotatable bonds is 11. The predicted octanol–water partition coefficient (Wildman–Crippen LogP) is 11.6. The summed E-state index contributed by atoms with van der Waals surface area (Å²) in [6.07, 6.45) is 21.0. The van der Waals surface area contributed by atoms with Crippen molar-refractivity contribution >= 4 is 11.6 Å². The molecule has 2 aliphatic carbocycles. The highest BCUT2D eigenvalue weighted by atomic mass is 35.5. The molecule has 204 valence electrons. The lowest BCUT2D eigenvalue weighted by Crippen LogP contribution is -2.18. The normalized spacial score (nSPS) is 24.4. The molecule has 0 saturated heterocycles. The van der Waals surface area contributed by atoms with Crippen LogP contribution >= 0.6 is 11.6 Å². The van der Waals surface area contributed by atoms with E-state index >= 15 is 0 Å². The maximum Gasteiger partial charge on any atom is 0.142 e. The molecule has 0 N–H and O–H groups in total. The van der Waals surface area contributed by atoms with Gasteiger partial charge in [0.1, 0.15) is 17.5 Å². The molecule has 0 bridgehead atoms. The molecule has 2 aliphatic rings. The van der Waals surface area contributed by atoms with Crippen LogP contribution in [0.2, 0.25) is 5.02 Å². The Morgan fingerprint density at radius 3 is 1.76 bits per heavy atom. The van der Waals surface area contributed by atoms with E-state index in [1.807, 2.05) is 0 Å². The van der Waals surface area contributed by atoms with Crippen molar-refractivity contribution in [2.24, 2.45) is 17.8 Å². The number of halogens is 4. The largest absolute Gasteiger partial charge is 0.206 e. The third kappa shape index (κ3) is 8.01. The van der Waals surface area contributed by atoms with Crippen molar-refractivity contribution in [3.05, 3.63) is 58.4 Å². The highest BCUT2D eigenvalue weighted by Crippen LogP contribution is 2.41. The second-order valence-electron chi connectivity index (χ2n) is 11.9. The van der Waals surface area contributed by atoms with Gasteiger partial charge in [0.05, 0.1) is 10.6 Å². The Morgan fingerprint density at radius 1 is 0.649 bits per heavy atom. The van der Waals surface area contributed by atoms with Crippen LogP contribution in [0.25, 0.3) is 11.1 Å². The van der Waals surface area contributed by atoms with E-state index in [2.05, 4.69) is 6.92 Å². The summed E-state index contributed by atoms with van der Waals surface area (Å²) in [4.78, 5) is 0. The zero-order valence-electron chi connectivity index (χ0n) is 22.5. The van der Waals surface area contributed by atoms with Gasteiger partial charge in [-0.05, 0) is 84.7 Å². The predicted molar refractivity (Wildman–Crippen MR) is 150 cm³/mol. The Balaban J connectivity index is 1.20. The van der Waals surface area contributed by atoms with Gasteiger partial charge in [-0.15, -0.1) is 0 Å². The molecule has 0 aliphatic heterocycles. The van der Waals surface area contributed by atoms with E-state index in [1.54, 1.807) is 0 Å². The van der Waals surface area contributed by atoms with Crippen LogP contribution in [0, 0.1) is 35.2 Å². The van der Waals surface area contributed by atoms with E-state index in [4.69, 9.17) is 11.6 Å². The first-order valence-electron chi connectivity index (χ1n) is 14.9. The smallest absolute Gasteiger partial charge is 0.142 e. The maximum atomic E-state index is 14.9. The quantitative estimate of drug-likeness (QED) is 0.252. The van der Waals surface area contributed by atoms with Gasteiger partial charge in [-0.1, -0.05) is 102 Å². The van der Waals surface area contributed by atoms with Gasteiger partial charge in [-0.3, -0.25) is 0 Å². The minimum absolute atomic E-state index is 0.0567. The molecular weight excluding hydrogens is 489 g/mol. The Labute approximate surface area is 227 Å². The van der Waals surface area contributed by atoms with E-state index in [1.165, 1.54) is 101 Å². The SMILES string of the molecule is CCCCCCC[C@H]1CC[C@H](CC[C@H]2CC[C@H](c3cc(F)c(-c4ccc(Cl)c(F)c4)c(F)c3)CC2)CC1. The molecule has 4 heteroatoms. The maximum absolute atomic E-state index is 14.9. The molecule has 2 saturated carbocycles. The van der Waals surface area contributed by atoms with E-state index < -0.39 is 17.5 Å². The van der Waals surface area contributed by atoms with Gasteiger partial charge < -0.3 is 0 Å². The van der Waals surface area contributed by atoms with Crippen LogP contribution in [0.5, 0.6) is 0 Å². The first-order valence-corrected chi connectivity index (χ1v) is 15.3. The van der Waals surface area contributed by atoms with Crippen molar-refractivity contribution in [2.45, 2.75) is 116 Å². The Kier molecular flexibility index (Phi) is 10.8. The Morgan fingerprint density at radius 2 is 1.19 bits per heavy atom. The van der Waals surface area contributed by atoms with Gasteiger partial charge in [0, 0.05) is 0 Å². The molecule has 2 aromatic carbocycles. The lowest BCUT2D eigenvalue weighted by molar-refractivity contribution is 0.222. The molecule has 0 heterocycles. The zero-order valence-corrected chi connectivity index (χ0v) is 23.3. The summed E-state index contributed by atoms with van der Waals surface area (Å²) in [5.74, 6) is 0.890. The minimum atomic E-state index is -0.675. The summed E-state index contributed by atoms with van der Waals surface area (Å²) in [7, 11) is 0. The fourth-order valence-electron chi connectivity index (χ4n) is 6.86. The average molecular weight is 533 g/mol. The van der Waals surface area contributed by atoms with E-state index in [-0.39, 0.29) is 22.1 Å². The number of benzene rings is 2. The molecular formula is C33H44ClF3. The third-order valence-electron chi connectivity index (χ3n) is 9.26. The summed E-state index contributed by atoms with van der Waals surface area (Å²) in [6, 6.07) is 6.80. The molecule has 0 radical (unpaired) electrons. The van der Waals surface area contributed by atoms with Crippen molar-refractivity contribution in [1.82, 2.24) is 0 Å². The number of hydrogen-bond donors (Lipinski definition) is 0. The molecule has 0 nitrogen and oxygen atoms in total. The second kappa shape index (κ2) is 14.1. The van der Waals surface area contributed by atoms with Crippen molar-refractivity contribution < 1.29 is 13.2 Å². The van der Waals surface area contributed by atoms with Gasteiger partial charge in [0.2, 0.25) is 0 Å². The molecule has 0 aromatic heterocycles. The van der Waals surface area contributed by atoms with E-state index in [0.29, 0.717) is 0 Å². The zero-order chi connectivity index (χ0) is 26.2. The van der Waals surface area contributed by atoms with E-state index in [9.17, 15) is 13.2 Å². The van der Waals surface area contributed by atoms with Crippen LogP contribution in [0.4, 0.5) is 13.2 Å². The summed E-state index contributed by atoms with van der Waals surface area (Å²) >= 11 is 5.73. The summed E-state index contributed by atoms with van der Waals surface area (Å²) in [5.41, 5.74) is 0.729. The average Bonchev–Trinajstić information content (AvgIpc) is 2.90. The Hall–Kier alpha value is -1.48. The van der Waals surface area contributed by atoms with Crippen LogP contribution in [0.1, 0.15) is 121 Å². The van der Waals surface area contributed by atoms with Gasteiger partial charge >= 0.3 is 0 Å². The van der Waals surface area contributed by atoms with Crippen LogP contribution in [0.3, 0.4) is 0 Å². The monoisotopic (exact) mass is 532 g/mol. The van der Waals surface area contributed by atoms with Gasteiger partial charge in [0.15, 0.2) is 0 Å². The molecule has 4 rings (SSSR count). The highest BCUT2D eigenvalue weighted by Gasteiger charge is 2.27. The van der Waals surface area contributed by atoms with Crippen LogP contribution in [0.15, 0.2) is 30.3 Å². The first-order chi connectivity index (χ1) is 17.9. The molecule has 37 heavy (non-hydrogen) atoms. The standard InChI is InChI=1S/C33H44ClF3/c1-2-3-4-5-6-7-23-8-10-24(11-9-23)12-13-25-14-16-26(17-15-25)28-21-31(36)33(32(37)22-28)27-18-19-29(34)30(35)20-27/h18-26H,2-17H2,1H3/t23-,24-,25-,26-. The first kappa shape index (κ1) is 28.5. The lowest BCUT2D eigenvalue weighted by atomic mass is 9.74. The fraction of sp³-hybridized carbons (Fsp3) is 0.636. The highest BCUT2D eigenvalue weighted by molar-refractivity contribution is 6.30. The van der Waals surface area contributed by atoms with E-state index in [0.717, 1.165) is 55.1 Å². The van der Waals surface area contributed by atoms with Crippen LogP contribution in [-0.2, 0) is 0 Å². The molecule has 0 unspecified atom stereocenters. The molecule has 2 fully saturated rings. The van der Waals surface area contributed by atoms with Crippen molar-refractivity contribution in [2.75, 3.05) is 0 Å². The van der Waals surface area contributed by atoms with Crippen LogP contribution < -0.4 is 0 Å². The van der Waals surface area contributed by atoms with Gasteiger partial charge in [-0.2, -0.15) is 0 Å². The number of hydrogen-bond acceptors (Lipinski definition) is 0. The topological polar surface area (TPSA) is 0 Å². The van der Waals surface area contributed by atoms with Crippen molar-refractivity contribution in [3.63, 3.8) is 0 Å². The lowest BCUT2D eigenvalue weighted by Gasteiger charge is -2.32. The summed E-state index contributed by atoms with van der Waals surface area (Å²) in [6.45, 7) is 2.28. The molecule has 2 aromatic rings. The minimum Gasteiger partial charge on any atom is -0.206 e. The fourth-order valence-corrected chi connectivity index (χ4v) is 6.97.